The molecule has 0 spiro atoms. The summed E-state index contributed by atoms with van der Waals surface area (Å²) < 4.78 is 5.23. The molecule has 0 N–H and O–H groups in total. The van der Waals surface area contributed by atoms with Gasteiger partial charge in [0.25, 0.3) is 0 Å². The average Bonchev–Trinajstić information content (AvgIpc) is 2.39. The van der Waals surface area contributed by atoms with Gasteiger partial charge < -0.3 is 4.74 Å². The lowest BCUT2D eigenvalue weighted by Crippen LogP contribution is -2.48. The fourth-order valence-corrected chi connectivity index (χ4v) is 3.42. The molecule has 19 heavy (non-hydrogen) atoms. The Morgan fingerprint density at radius 3 is 2.63 bits per heavy atom. The minimum absolute atomic E-state index is 0.201. The van der Waals surface area contributed by atoms with Crippen LogP contribution in [0.3, 0.4) is 0 Å². The fraction of sp³-hybridized carbons (Fsp3) is 0.938. The van der Waals surface area contributed by atoms with Gasteiger partial charge in [0.05, 0.1) is 18.6 Å². The molecule has 3 atom stereocenters. The molecule has 0 aliphatic heterocycles. The third kappa shape index (κ3) is 4.78. The molecule has 0 amide bonds. The Bertz CT molecular complexity index is 285. The lowest BCUT2D eigenvalue weighted by atomic mass is 9.76. The molecule has 110 valence electrons. The SMILES string of the molecule is CCCC1CCC(C#N)C(N(CCOC)C(C)C)C1. The van der Waals surface area contributed by atoms with Gasteiger partial charge in [0.2, 0.25) is 0 Å². The molecule has 0 saturated heterocycles. The van der Waals surface area contributed by atoms with Gasteiger partial charge >= 0.3 is 0 Å². The molecule has 0 heterocycles. The predicted octanol–water partition coefficient (Wildman–Crippen LogP) is 3.45. The maximum atomic E-state index is 9.43. The molecule has 1 aliphatic rings. The smallest absolute Gasteiger partial charge is 0.0672 e. The van der Waals surface area contributed by atoms with Gasteiger partial charge in [-0.15, -0.1) is 0 Å². The number of nitriles is 1. The summed E-state index contributed by atoms with van der Waals surface area (Å²) in [4.78, 5) is 2.49. The van der Waals surface area contributed by atoms with Crippen molar-refractivity contribution in [2.45, 2.75) is 65.0 Å². The van der Waals surface area contributed by atoms with Crippen molar-refractivity contribution in [3.05, 3.63) is 0 Å². The highest BCUT2D eigenvalue weighted by Gasteiger charge is 2.34. The molecule has 0 aromatic heterocycles. The molecule has 1 aliphatic carbocycles. The summed E-state index contributed by atoms with van der Waals surface area (Å²) in [5, 5.41) is 9.43. The Morgan fingerprint density at radius 1 is 1.37 bits per heavy atom. The van der Waals surface area contributed by atoms with Gasteiger partial charge in [-0.05, 0) is 39.0 Å². The standard InChI is InChI=1S/C16H30N2O/c1-5-6-14-7-8-15(12-17)16(11-14)18(13(2)3)9-10-19-4/h13-16H,5-11H2,1-4H3. The van der Waals surface area contributed by atoms with Crippen LogP contribution in [0.4, 0.5) is 0 Å². The van der Waals surface area contributed by atoms with Crippen molar-refractivity contribution >= 4 is 0 Å². The molecule has 0 bridgehead atoms. The number of hydrogen-bond acceptors (Lipinski definition) is 3. The van der Waals surface area contributed by atoms with Crippen molar-refractivity contribution in [2.75, 3.05) is 20.3 Å². The minimum Gasteiger partial charge on any atom is -0.383 e. The topological polar surface area (TPSA) is 36.3 Å². The lowest BCUT2D eigenvalue weighted by molar-refractivity contribution is 0.0467. The normalized spacial score (nSPS) is 27.7. The summed E-state index contributed by atoms with van der Waals surface area (Å²) >= 11 is 0. The highest BCUT2D eigenvalue weighted by molar-refractivity contribution is 4.98. The van der Waals surface area contributed by atoms with Gasteiger partial charge in [-0.25, -0.2) is 0 Å². The van der Waals surface area contributed by atoms with E-state index in [-0.39, 0.29) is 5.92 Å². The van der Waals surface area contributed by atoms with Crippen molar-refractivity contribution in [3.63, 3.8) is 0 Å². The summed E-state index contributed by atoms with van der Waals surface area (Å²) in [6.45, 7) is 8.42. The summed E-state index contributed by atoms with van der Waals surface area (Å²) in [5.41, 5.74) is 0. The largest absolute Gasteiger partial charge is 0.383 e. The van der Waals surface area contributed by atoms with Crippen LogP contribution < -0.4 is 0 Å². The Balaban J connectivity index is 2.73. The van der Waals surface area contributed by atoms with E-state index in [4.69, 9.17) is 4.74 Å². The number of nitrogens with zero attached hydrogens (tertiary/aromatic N) is 2. The van der Waals surface area contributed by atoms with Crippen LogP contribution in [0.2, 0.25) is 0 Å². The van der Waals surface area contributed by atoms with E-state index in [2.05, 4.69) is 31.7 Å². The fourth-order valence-electron chi connectivity index (χ4n) is 3.42. The third-order valence-electron chi connectivity index (χ3n) is 4.43. The van der Waals surface area contributed by atoms with Gasteiger partial charge in [0, 0.05) is 25.7 Å². The van der Waals surface area contributed by atoms with Crippen LogP contribution in [0.1, 0.15) is 52.9 Å². The summed E-state index contributed by atoms with van der Waals surface area (Å²) in [6, 6.07) is 3.45. The first kappa shape index (κ1) is 16.5. The Kier molecular flexibility index (Phi) is 7.41. The van der Waals surface area contributed by atoms with Crippen LogP contribution in [0.5, 0.6) is 0 Å². The molecule has 1 rings (SSSR count). The second-order valence-electron chi connectivity index (χ2n) is 6.10. The maximum Gasteiger partial charge on any atom is 0.0672 e. The molecule has 3 heteroatoms. The summed E-state index contributed by atoms with van der Waals surface area (Å²) in [6.07, 6.45) is 6.06. The molecule has 3 unspecified atom stereocenters. The first-order valence-electron chi connectivity index (χ1n) is 7.78. The first-order chi connectivity index (χ1) is 9.13. The highest BCUT2D eigenvalue weighted by Crippen LogP contribution is 2.35. The zero-order valence-corrected chi connectivity index (χ0v) is 13.1. The van der Waals surface area contributed by atoms with E-state index in [9.17, 15) is 5.26 Å². The Morgan fingerprint density at radius 2 is 2.11 bits per heavy atom. The van der Waals surface area contributed by atoms with E-state index < -0.39 is 0 Å². The van der Waals surface area contributed by atoms with E-state index in [1.54, 1.807) is 7.11 Å². The quantitative estimate of drug-likeness (QED) is 0.708. The Labute approximate surface area is 118 Å². The van der Waals surface area contributed by atoms with Gasteiger partial charge in [-0.1, -0.05) is 19.8 Å². The van der Waals surface area contributed by atoms with Gasteiger partial charge in [0.1, 0.15) is 0 Å². The average molecular weight is 266 g/mol. The van der Waals surface area contributed by atoms with Crippen LogP contribution in [-0.2, 0) is 4.74 Å². The molecule has 1 saturated carbocycles. The summed E-state index contributed by atoms with van der Waals surface area (Å²) in [7, 11) is 1.75. The van der Waals surface area contributed by atoms with Crippen molar-refractivity contribution in [3.8, 4) is 6.07 Å². The van der Waals surface area contributed by atoms with Crippen LogP contribution in [-0.4, -0.2) is 37.2 Å². The second-order valence-corrected chi connectivity index (χ2v) is 6.10. The van der Waals surface area contributed by atoms with Gasteiger partial charge in [0.15, 0.2) is 0 Å². The molecule has 0 aromatic carbocycles. The van der Waals surface area contributed by atoms with Crippen LogP contribution in [0.25, 0.3) is 0 Å². The van der Waals surface area contributed by atoms with Crippen LogP contribution >= 0.6 is 0 Å². The zero-order chi connectivity index (χ0) is 14.3. The monoisotopic (exact) mass is 266 g/mol. The van der Waals surface area contributed by atoms with Crippen molar-refractivity contribution < 1.29 is 4.74 Å². The number of methoxy groups -OCH3 is 1. The lowest BCUT2D eigenvalue weighted by Gasteiger charge is -2.42. The van der Waals surface area contributed by atoms with Crippen molar-refractivity contribution in [1.29, 1.82) is 5.26 Å². The third-order valence-corrected chi connectivity index (χ3v) is 4.43. The van der Waals surface area contributed by atoms with Crippen LogP contribution in [0.15, 0.2) is 0 Å². The van der Waals surface area contributed by atoms with E-state index in [1.807, 2.05) is 0 Å². The van der Waals surface area contributed by atoms with E-state index in [0.29, 0.717) is 12.1 Å². The summed E-state index contributed by atoms with van der Waals surface area (Å²) in [5.74, 6) is 1.01. The second kappa shape index (κ2) is 8.55. The molecule has 0 radical (unpaired) electrons. The molecule has 0 aromatic rings. The predicted molar refractivity (Wildman–Crippen MR) is 78.9 cm³/mol. The van der Waals surface area contributed by atoms with E-state index in [0.717, 1.165) is 25.5 Å². The number of hydrogen-bond donors (Lipinski definition) is 0. The molecular formula is C16H30N2O. The molecule has 1 fully saturated rings. The molecular weight excluding hydrogens is 236 g/mol. The van der Waals surface area contributed by atoms with Crippen molar-refractivity contribution in [2.24, 2.45) is 11.8 Å². The van der Waals surface area contributed by atoms with E-state index in [1.165, 1.54) is 25.7 Å². The zero-order valence-electron chi connectivity index (χ0n) is 13.1. The van der Waals surface area contributed by atoms with Gasteiger partial charge in [-0.3, -0.25) is 4.90 Å². The van der Waals surface area contributed by atoms with Gasteiger partial charge in [-0.2, -0.15) is 5.26 Å². The van der Waals surface area contributed by atoms with E-state index >= 15 is 0 Å². The number of ether oxygens (including phenoxy) is 1. The minimum atomic E-state index is 0.201. The first-order valence-corrected chi connectivity index (χ1v) is 7.78. The Hall–Kier alpha value is -0.590. The highest BCUT2D eigenvalue weighted by atomic mass is 16.5. The van der Waals surface area contributed by atoms with Crippen molar-refractivity contribution in [1.82, 2.24) is 4.90 Å². The number of rotatable bonds is 7. The van der Waals surface area contributed by atoms with Crippen LogP contribution in [0, 0.1) is 23.2 Å². The maximum absolute atomic E-state index is 9.43. The molecule has 3 nitrogen and oxygen atoms in total.